The number of amides is 1. The molecule has 0 aromatic carbocycles. The SMILES string of the molecule is CNC1CCC(N(C)CC(=O)N2CCOCC2)CC1. The van der Waals surface area contributed by atoms with E-state index in [0.29, 0.717) is 31.8 Å². The number of nitrogens with zero attached hydrogens (tertiary/aromatic N) is 2. The summed E-state index contributed by atoms with van der Waals surface area (Å²) in [5.41, 5.74) is 0. The Balaban J connectivity index is 1.74. The van der Waals surface area contributed by atoms with Gasteiger partial charge in [-0.05, 0) is 39.8 Å². The van der Waals surface area contributed by atoms with Gasteiger partial charge in [0.25, 0.3) is 0 Å². The third-order valence-corrected chi connectivity index (χ3v) is 4.48. The fraction of sp³-hybridized carbons (Fsp3) is 0.929. The molecule has 1 saturated carbocycles. The van der Waals surface area contributed by atoms with Gasteiger partial charge in [0.15, 0.2) is 0 Å². The Kier molecular flexibility index (Phi) is 5.60. The van der Waals surface area contributed by atoms with Gasteiger partial charge in [-0.1, -0.05) is 0 Å². The van der Waals surface area contributed by atoms with E-state index < -0.39 is 0 Å². The summed E-state index contributed by atoms with van der Waals surface area (Å²) in [5.74, 6) is 0.251. The molecule has 0 aromatic heterocycles. The molecule has 110 valence electrons. The van der Waals surface area contributed by atoms with Gasteiger partial charge in [0.2, 0.25) is 5.91 Å². The minimum atomic E-state index is 0.251. The molecule has 2 aliphatic rings. The van der Waals surface area contributed by atoms with Gasteiger partial charge in [-0.3, -0.25) is 9.69 Å². The van der Waals surface area contributed by atoms with E-state index in [1.165, 1.54) is 25.7 Å². The molecule has 0 atom stereocenters. The Labute approximate surface area is 116 Å². The maximum atomic E-state index is 12.2. The standard InChI is InChI=1S/C14H27N3O2/c1-15-12-3-5-13(6-4-12)16(2)11-14(18)17-7-9-19-10-8-17/h12-13,15H,3-11H2,1-2H3. The van der Waals surface area contributed by atoms with E-state index >= 15 is 0 Å². The summed E-state index contributed by atoms with van der Waals surface area (Å²) in [7, 11) is 4.12. The first-order valence-corrected chi connectivity index (χ1v) is 7.43. The van der Waals surface area contributed by atoms with Crippen LogP contribution in [0.5, 0.6) is 0 Å². The van der Waals surface area contributed by atoms with E-state index in [9.17, 15) is 4.79 Å². The largest absolute Gasteiger partial charge is 0.378 e. The lowest BCUT2D eigenvalue weighted by atomic mass is 9.90. The van der Waals surface area contributed by atoms with Crippen molar-refractivity contribution in [3.63, 3.8) is 0 Å². The zero-order valence-corrected chi connectivity index (χ0v) is 12.2. The van der Waals surface area contributed by atoms with Crippen LogP contribution >= 0.6 is 0 Å². The van der Waals surface area contributed by atoms with Gasteiger partial charge >= 0.3 is 0 Å². The van der Waals surface area contributed by atoms with E-state index in [1.54, 1.807) is 0 Å². The first-order chi connectivity index (χ1) is 9.20. The van der Waals surface area contributed by atoms with E-state index in [0.717, 1.165) is 13.1 Å². The van der Waals surface area contributed by atoms with Crippen LogP contribution < -0.4 is 5.32 Å². The van der Waals surface area contributed by atoms with Crippen LogP contribution in [0.3, 0.4) is 0 Å². The fourth-order valence-electron chi connectivity index (χ4n) is 3.06. The average Bonchev–Trinajstić information content (AvgIpc) is 2.48. The summed E-state index contributed by atoms with van der Waals surface area (Å²) in [6, 6.07) is 1.23. The van der Waals surface area contributed by atoms with Crippen LogP contribution in [0, 0.1) is 0 Å². The predicted molar refractivity (Wildman–Crippen MR) is 75.1 cm³/mol. The molecule has 0 unspecified atom stereocenters. The van der Waals surface area contributed by atoms with E-state index in [1.807, 2.05) is 11.9 Å². The van der Waals surface area contributed by atoms with Crippen molar-refractivity contribution in [2.75, 3.05) is 46.9 Å². The molecule has 19 heavy (non-hydrogen) atoms. The lowest BCUT2D eigenvalue weighted by Crippen LogP contribution is -2.48. The molecule has 0 bridgehead atoms. The molecule has 1 amide bonds. The van der Waals surface area contributed by atoms with Crippen LogP contribution in [-0.2, 0) is 9.53 Å². The summed E-state index contributed by atoms with van der Waals surface area (Å²) < 4.78 is 5.28. The van der Waals surface area contributed by atoms with E-state index in [4.69, 9.17) is 4.74 Å². The second-order valence-corrected chi connectivity index (χ2v) is 5.70. The molecule has 5 nitrogen and oxygen atoms in total. The van der Waals surface area contributed by atoms with Crippen molar-refractivity contribution in [3.8, 4) is 0 Å². The zero-order valence-electron chi connectivity index (χ0n) is 12.2. The van der Waals surface area contributed by atoms with Crippen LogP contribution in [0.15, 0.2) is 0 Å². The number of hydrogen-bond acceptors (Lipinski definition) is 4. The lowest BCUT2D eigenvalue weighted by molar-refractivity contribution is -0.136. The summed E-state index contributed by atoms with van der Waals surface area (Å²) in [5, 5.41) is 3.35. The van der Waals surface area contributed by atoms with Crippen LogP contribution in [0.25, 0.3) is 0 Å². The number of rotatable bonds is 4. The fourth-order valence-corrected chi connectivity index (χ4v) is 3.06. The molecule has 1 heterocycles. The highest BCUT2D eigenvalue weighted by atomic mass is 16.5. The predicted octanol–water partition coefficient (Wildman–Crippen LogP) is 0.308. The number of morpholine rings is 1. The summed E-state index contributed by atoms with van der Waals surface area (Å²) in [6.07, 6.45) is 4.82. The summed E-state index contributed by atoms with van der Waals surface area (Å²) >= 11 is 0. The Morgan fingerprint density at radius 1 is 1.26 bits per heavy atom. The number of carbonyl (C=O) groups excluding carboxylic acids is 1. The molecule has 1 aliphatic heterocycles. The number of nitrogens with one attached hydrogen (secondary N) is 1. The van der Waals surface area contributed by atoms with Crippen molar-refractivity contribution in [1.29, 1.82) is 0 Å². The van der Waals surface area contributed by atoms with Gasteiger partial charge in [-0.25, -0.2) is 0 Å². The van der Waals surface area contributed by atoms with Crippen LogP contribution in [-0.4, -0.2) is 74.7 Å². The highest BCUT2D eigenvalue weighted by Gasteiger charge is 2.25. The molecule has 2 rings (SSSR count). The van der Waals surface area contributed by atoms with Gasteiger partial charge in [-0.15, -0.1) is 0 Å². The van der Waals surface area contributed by atoms with Crippen molar-refractivity contribution in [2.24, 2.45) is 0 Å². The van der Waals surface area contributed by atoms with Gasteiger partial charge < -0.3 is 15.0 Å². The molecule has 0 spiro atoms. The summed E-state index contributed by atoms with van der Waals surface area (Å²) in [6.45, 7) is 3.42. The molecule has 1 N–H and O–H groups in total. The molecular formula is C14H27N3O2. The Morgan fingerprint density at radius 2 is 1.89 bits per heavy atom. The molecule has 0 aromatic rings. The van der Waals surface area contributed by atoms with Crippen LogP contribution in [0.2, 0.25) is 0 Å². The third kappa shape index (κ3) is 4.16. The number of likely N-dealkylation sites (N-methyl/N-ethyl adjacent to an activating group) is 1. The quantitative estimate of drug-likeness (QED) is 0.798. The molecule has 0 radical (unpaired) electrons. The second-order valence-electron chi connectivity index (χ2n) is 5.70. The highest BCUT2D eigenvalue weighted by Crippen LogP contribution is 2.22. The lowest BCUT2D eigenvalue weighted by Gasteiger charge is -2.35. The smallest absolute Gasteiger partial charge is 0.236 e. The minimum absolute atomic E-state index is 0.251. The highest BCUT2D eigenvalue weighted by molar-refractivity contribution is 5.78. The molecular weight excluding hydrogens is 242 g/mol. The van der Waals surface area contributed by atoms with Gasteiger partial charge in [0.1, 0.15) is 0 Å². The minimum Gasteiger partial charge on any atom is -0.378 e. The third-order valence-electron chi connectivity index (χ3n) is 4.48. The molecule has 5 heteroatoms. The van der Waals surface area contributed by atoms with Gasteiger partial charge in [0.05, 0.1) is 19.8 Å². The van der Waals surface area contributed by atoms with Crippen molar-refractivity contribution >= 4 is 5.91 Å². The van der Waals surface area contributed by atoms with Gasteiger partial charge in [-0.2, -0.15) is 0 Å². The Hall–Kier alpha value is -0.650. The summed E-state index contributed by atoms with van der Waals surface area (Å²) in [4.78, 5) is 16.4. The number of ether oxygens (including phenoxy) is 1. The number of carbonyl (C=O) groups is 1. The van der Waals surface area contributed by atoms with Gasteiger partial charge in [0, 0.05) is 25.2 Å². The van der Waals surface area contributed by atoms with Crippen molar-refractivity contribution < 1.29 is 9.53 Å². The molecule has 1 saturated heterocycles. The van der Waals surface area contributed by atoms with Crippen molar-refractivity contribution in [3.05, 3.63) is 0 Å². The van der Waals surface area contributed by atoms with Crippen molar-refractivity contribution in [1.82, 2.24) is 15.1 Å². The van der Waals surface area contributed by atoms with Crippen molar-refractivity contribution in [2.45, 2.75) is 37.8 Å². The second kappa shape index (κ2) is 7.22. The topological polar surface area (TPSA) is 44.8 Å². The Bertz CT molecular complexity index is 284. The Morgan fingerprint density at radius 3 is 2.47 bits per heavy atom. The first-order valence-electron chi connectivity index (χ1n) is 7.43. The zero-order chi connectivity index (χ0) is 13.7. The first kappa shape index (κ1) is 14.8. The van der Waals surface area contributed by atoms with E-state index in [2.05, 4.69) is 17.3 Å². The van der Waals surface area contributed by atoms with E-state index in [-0.39, 0.29) is 5.91 Å². The molecule has 1 aliphatic carbocycles. The normalized spacial score (nSPS) is 28.7. The average molecular weight is 269 g/mol. The maximum Gasteiger partial charge on any atom is 0.236 e. The van der Waals surface area contributed by atoms with Crippen LogP contribution in [0.1, 0.15) is 25.7 Å². The van der Waals surface area contributed by atoms with Crippen LogP contribution in [0.4, 0.5) is 0 Å². The monoisotopic (exact) mass is 269 g/mol. The molecule has 2 fully saturated rings. The number of hydrogen-bond donors (Lipinski definition) is 1. The maximum absolute atomic E-state index is 12.2.